The van der Waals surface area contributed by atoms with E-state index in [1.54, 1.807) is 0 Å². The highest BCUT2D eigenvalue weighted by molar-refractivity contribution is 5.74. The van der Waals surface area contributed by atoms with Gasteiger partial charge in [0.25, 0.3) is 0 Å². The third-order valence-electron chi connectivity index (χ3n) is 5.78. The Morgan fingerprint density at radius 2 is 1.95 bits per heavy atom. The zero-order chi connectivity index (χ0) is 15.5. The molecule has 0 aromatic carbocycles. The van der Waals surface area contributed by atoms with Gasteiger partial charge in [0, 0.05) is 12.6 Å². The second kappa shape index (κ2) is 7.10. The predicted molar refractivity (Wildman–Crippen MR) is 85.5 cm³/mol. The molecule has 0 aromatic rings. The lowest BCUT2D eigenvalue weighted by molar-refractivity contribution is -0.151. The topological polar surface area (TPSA) is 43.8 Å². The smallest absolute Gasteiger partial charge is 0.309 e. The molecular weight excluding hydrogens is 264 g/mol. The number of piperidine rings is 2. The Kier molecular flexibility index (Phi) is 5.67. The van der Waals surface area contributed by atoms with E-state index in [1.165, 1.54) is 32.2 Å². The highest BCUT2D eigenvalue weighted by atomic mass is 16.4. The summed E-state index contributed by atoms with van der Waals surface area (Å²) < 4.78 is 0. The Balaban J connectivity index is 1.82. The first-order chi connectivity index (χ1) is 9.91. The number of carboxylic acid groups (broad SMARTS) is 1. The molecule has 2 aliphatic heterocycles. The van der Waals surface area contributed by atoms with Gasteiger partial charge in [-0.2, -0.15) is 0 Å². The van der Waals surface area contributed by atoms with Crippen molar-refractivity contribution < 1.29 is 9.90 Å². The van der Waals surface area contributed by atoms with Crippen molar-refractivity contribution in [1.29, 1.82) is 0 Å². The van der Waals surface area contributed by atoms with Crippen molar-refractivity contribution in [3.63, 3.8) is 0 Å². The van der Waals surface area contributed by atoms with Gasteiger partial charge in [-0.05, 0) is 78.6 Å². The fraction of sp³-hybridized carbons (Fsp3) is 0.941. The van der Waals surface area contributed by atoms with E-state index in [-0.39, 0.29) is 5.92 Å². The SMILES string of the molecule is CN1CCCCC1CCN1CCCC(C(C)(C)C(=O)O)C1. The van der Waals surface area contributed by atoms with Gasteiger partial charge >= 0.3 is 5.97 Å². The summed E-state index contributed by atoms with van der Waals surface area (Å²) in [6, 6.07) is 0.728. The molecule has 2 saturated heterocycles. The summed E-state index contributed by atoms with van der Waals surface area (Å²) in [7, 11) is 2.25. The minimum absolute atomic E-state index is 0.285. The van der Waals surface area contributed by atoms with E-state index < -0.39 is 11.4 Å². The van der Waals surface area contributed by atoms with Gasteiger partial charge in [-0.3, -0.25) is 4.79 Å². The number of likely N-dealkylation sites (tertiary alicyclic amines) is 2. The Labute approximate surface area is 129 Å². The van der Waals surface area contributed by atoms with Gasteiger partial charge in [0.05, 0.1) is 5.41 Å². The summed E-state index contributed by atoms with van der Waals surface area (Å²) >= 11 is 0. The van der Waals surface area contributed by atoms with Crippen LogP contribution >= 0.6 is 0 Å². The lowest BCUT2D eigenvalue weighted by atomic mass is 9.74. The Bertz CT molecular complexity index is 357. The predicted octanol–water partition coefficient (Wildman–Crippen LogP) is 2.68. The van der Waals surface area contributed by atoms with E-state index in [4.69, 9.17) is 0 Å². The number of rotatable bonds is 5. The van der Waals surface area contributed by atoms with Gasteiger partial charge in [0.15, 0.2) is 0 Å². The van der Waals surface area contributed by atoms with Crippen LogP contribution < -0.4 is 0 Å². The summed E-state index contributed by atoms with van der Waals surface area (Å²) in [4.78, 5) is 16.5. The summed E-state index contributed by atoms with van der Waals surface area (Å²) in [5.74, 6) is -0.366. The minimum Gasteiger partial charge on any atom is -0.481 e. The van der Waals surface area contributed by atoms with Crippen molar-refractivity contribution in [2.24, 2.45) is 11.3 Å². The maximum atomic E-state index is 11.4. The molecule has 4 heteroatoms. The van der Waals surface area contributed by atoms with Crippen molar-refractivity contribution in [3.05, 3.63) is 0 Å². The normalized spacial score (nSPS) is 29.5. The Hall–Kier alpha value is -0.610. The fourth-order valence-corrected chi connectivity index (χ4v) is 3.86. The number of nitrogens with zero attached hydrogens (tertiary/aromatic N) is 2. The number of carbonyl (C=O) groups is 1. The monoisotopic (exact) mass is 296 g/mol. The van der Waals surface area contributed by atoms with Gasteiger partial charge in [-0.1, -0.05) is 6.42 Å². The molecule has 0 aromatic heterocycles. The maximum absolute atomic E-state index is 11.4. The minimum atomic E-state index is -0.652. The summed E-state index contributed by atoms with van der Waals surface area (Å²) in [5.41, 5.74) is -0.597. The molecule has 2 unspecified atom stereocenters. The summed E-state index contributed by atoms with van der Waals surface area (Å²) in [5, 5.41) is 9.42. The van der Waals surface area contributed by atoms with Crippen LogP contribution in [0.2, 0.25) is 0 Å². The lowest BCUT2D eigenvalue weighted by Crippen LogP contribution is -2.46. The highest BCUT2D eigenvalue weighted by Crippen LogP contribution is 2.34. The Morgan fingerprint density at radius 3 is 2.62 bits per heavy atom. The van der Waals surface area contributed by atoms with Crippen LogP contribution in [0.1, 0.15) is 52.4 Å². The molecule has 2 rings (SSSR count). The maximum Gasteiger partial charge on any atom is 0.309 e. The van der Waals surface area contributed by atoms with Crippen molar-refractivity contribution in [2.45, 2.75) is 58.4 Å². The van der Waals surface area contributed by atoms with E-state index in [1.807, 2.05) is 13.8 Å². The zero-order valence-electron chi connectivity index (χ0n) is 14.0. The number of aliphatic carboxylic acids is 1. The molecule has 0 amide bonds. The number of hydrogen-bond acceptors (Lipinski definition) is 3. The average molecular weight is 296 g/mol. The van der Waals surface area contributed by atoms with Crippen LogP contribution in [0.4, 0.5) is 0 Å². The van der Waals surface area contributed by atoms with Crippen molar-refractivity contribution in [2.75, 3.05) is 33.2 Å². The first-order valence-electron chi connectivity index (χ1n) is 8.57. The van der Waals surface area contributed by atoms with Gasteiger partial charge < -0.3 is 14.9 Å². The van der Waals surface area contributed by atoms with Gasteiger partial charge in [-0.15, -0.1) is 0 Å². The van der Waals surface area contributed by atoms with E-state index in [0.717, 1.165) is 38.5 Å². The quantitative estimate of drug-likeness (QED) is 0.847. The molecular formula is C17H32N2O2. The van der Waals surface area contributed by atoms with Gasteiger partial charge in [-0.25, -0.2) is 0 Å². The van der Waals surface area contributed by atoms with Crippen LogP contribution in [0.3, 0.4) is 0 Å². The van der Waals surface area contributed by atoms with Crippen LogP contribution in [0, 0.1) is 11.3 Å². The molecule has 2 fully saturated rings. The van der Waals surface area contributed by atoms with Gasteiger partial charge in [0.1, 0.15) is 0 Å². The molecule has 2 heterocycles. The highest BCUT2D eigenvalue weighted by Gasteiger charge is 2.39. The zero-order valence-corrected chi connectivity index (χ0v) is 14.0. The van der Waals surface area contributed by atoms with Crippen LogP contribution in [0.25, 0.3) is 0 Å². The largest absolute Gasteiger partial charge is 0.481 e. The third kappa shape index (κ3) is 4.19. The van der Waals surface area contributed by atoms with Crippen LogP contribution in [-0.4, -0.2) is 60.1 Å². The van der Waals surface area contributed by atoms with E-state index in [0.29, 0.717) is 0 Å². The first kappa shape index (κ1) is 16.8. The molecule has 122 valence electrons. The molecule has 2 aliphatic rings. The van der Waals surface area contributed by atoms with Crippen LogP contribution in [-0.2, 0) is 4.79 Å². The summed E-state index contributed by atoms with van der Waals surface area (Å²) in [6.45, 7) is 8.23. The first-order valence-corrected chi connectivity index (χ1v) is 8.57. The molecule has 1 N–H and O–H groups in total. The molecule has 0 aliphatic carbocycles. The fourth-order valence-electron chi connectivity index (χ4n) is 3.86. The van der Waals surface area contributed by atoms with E-state index in [2.05, 4.69) is 16.8 Å². The standard InChI is InChI=1S/C17H32N2O2/c1-17(2,16(20)21)14-7-6-11-19(13-14)12-9-15-8-4-5-10-18(15)3/h14-15H,4-13H2,1-3H3,(H,20,21). The Morgan fingerprint density at radius 1 is 1.19 bits per heavy atom. The molecule has 2 atom stereocenters. The van der Waals surface area contributed by atoms with E-state index >= 15 is 0 Å². The van der Waals surface area contributed by atoms with Gasteiger partial charge in [0.2, 0.25) is 0 Å². The second-order valence-electron chi connectivity index (χ2n) is 7.59. The lowest BCUT2D eigenvalue weighted by Gasteiger charge is -2.40. The second-order valence-corrected chi connectivity index (χ2v) is 7.59. The van der Waals surface area contributed by atoms with Crippen molar-refractivity contribution in [3.8, 4) is 0 Å². The molecule has 4 nitrogen and oxygen atoms in total. The molecule has 0 radical (unpaired) electrons. The summed E-state index contributed by atoms with van der Waals surface area (Å²) in [6.07, 6.45) is 7.46. The number of hydrogen-bond donors (Lipinski definition) is 1. The van der Waals surface area contributed by atoms with Crippen LogP contribution in [0.5, 0.6) is 0 Å². The molecule has 21 heavy (non-hydrogen) atoms. The molecule has 0 saturated carbocycles. The van der Waals surface area contributed by atoms with Crippen molar-refractivity contribution in [1.82, 2.24) is 9.80 Å². The molecule has 0 bridgehead atoms. The van der Waals surface area contributed by atoms with E-state index in [9.17, 15) is 9.90 Å². The average Bonchev–Trinajstić information content (AvgIpc) is 2.46. The molecule has 0 spiro atoms. The van der Waals surface area contributed by atoms with Crippen LogP contribution in [0.15, 0.2) is 0 Å². The van der Waals surface area contributed by atoms with Crippen molar-refractivity contribution >= 4 is 5.97 Å². The third-order valence-corrected chi connectivity index (χ3v) is 5.78. The number of carboxylic acids is 1.